The Kier molecular flexibility index (Phi) is 2.98. The second-order valence-corrected chi connectivity index (χ2v) is 6.04. The van der Waals surface area contributed by atoms with E-state index in [4.69, 9.17) is 10.7 Å². The van der Waals surface area contributed by atoms with Crippen molar-refractivity contribution in [3.8, 4) is 0 Å². The van der Waals surface area contributed by atoms with Gasteiger partial charge in [0.25, 0.3) is 9.05 Å². The zero-order chi connectivity index (χ0) is 13.6. The van der Waals surface area contributed by atoms with Crippen molar-refractivity contribution in [2.24, 2.45) is 0 Å². The number of hydrogen-bond donors (Lipinski definition) is 0. The molecule has 0 radical (unpaired) electrons. The Hall–Kier alpha value is -1.34. The predicted molar refractivity (Wildman–Crippen MR) is 59.8 cm³/mol. The summed E-state index contributed by atoms with van der Waals surface area (Å²) in [5, 5.41) is -0.299. The van der Waals surface area contributed by atoms with E-state index >= 15 is 0 Å². The van der Waals surface area contributed by atoms with Gasteiger partial charge in [-0.05, 0) is 24.3 Å². The molecule has 0 aliphatic carbocycles. The lowest BCUT2D eigenvalue weighted by Crippen LogP contribution is -2.06. The van der Waals surface area contributed by atoms with Crippen LogP contribution in [-0.2, 0) is 15.2 Å². The standard InChI is InChI=1S/C10H5ClF3NO2S/c11-18(16,17)6-1-2-9-7(5-6)8(3-4-15-9)10(12,13)14/h1-5H. The Labute approximate surface area is 105 Å². The van der Waals surface area contributed by atoms with Crippen LogP contribution in [0, 0.1) is 0 Å². The van der Waals surface area contributed by atoms with Crippen LogP contribution in [0.2, 0.25) is 0 Å². The molecule has 0 saturated heterocycles. The van der Waals surface area contributed by atoms with Gasteiger partial charge in [-0.3, -0.25) is 4.98 Å². The molecular weight excluding hydrogens is 291 g/mol. The number of hydrogen-bond acceptors (Lipinski definition) is 3. The van der Waals surface area contributed by atoms with Crippen molar-refractivity contribution in [1.29, 1.82) is 0 Å². The Morgan fingerprint density at radius 2 is 1.83 bits per heavy atom. The highest BCUT2D eigenvalue weighted by Crippen LogP contribution is 2.35. The van der Waals surface area contributed by atoms with Crippen molar-refractivity contribution in [3.05, 3.63) is 36.0 Å². The van der Waals surface area contributed by atoms with Crippen LogP contribution in [0.3, 0.4) is 0 Å². The number of alkyl halides is 3. The van der Waals surface area contributed by atoms with Crippen LogP contribution in [0.1, 0.15) is 5.56 Å². The lowest BCUT2D eigenvalue weighted by molar-refractivity contribution is -0.136. The normalized spacial score (nSPS) is 12.9. The molecule has 3 nitrogen and oxygen atoms in total. The molecule has 96 valence electrons. The maximum atomic E-state index is 12.7. The second kappa shape index (κ2) is 4.10. The molecule has 0 atom stereocenters. The van der Waals surface area contributed by atoms with Crippen LogP contribution in [0.25, 0.3) is 10.9 Å². The average Bonchev–Trinajstić information content (AvgIpc) is 2.25. The summed E-state index contributed by atoms with van der Waals surface area (Å²) >= 11 is 0. The van der Waals surface area contributed by atoms with Gasteiger partial charge in [-0.2, -0.15) is 13.2 Å². The highest BCUT2D eigenvalue weighted by atomic mass is 35.7. The molecule has 1 aromatic carbocycles. The Morgan fingerprint density at radius 1 is 1.17 bits per heavy atom. The molecule has 2 aromatic rings. The molecule has 1 aromatic heterocycles. The number of fused-ring (bicyclic) bond motifs is 1. The van der Waals surface area contributed by atoms with Crippen LogP contribution < -0.4 is 0 Å². The molecule has 0 amide bonds. The van der Waals surface area contributed by atoms with Gasteiger partial charge in [0.2, 0.25) is 0 Å². The molecule has 0 N–H and O–H groups in total. The van der Waals surface area contributed by atoms with Gasteiger partial charge in [-0.15, -0.1) is 0 Å². The quantitative estimate of drug-likeness (QED) is 0.759. The molecule has 18 heavy (non-hydrogen) atoms. The number of benzene rings is 1. The van der Waals surface area contributed by atoms with Crippen LogP contribution in [0.4, 0.5) is 13.2 Å². The van der Waals surface area contributed by atoms with E-state index in [2.05, 4.69) is 4.98 Å². The Morgan fingerprint density at radius 3 is 2.39 bits per heavy atom. The molecule has 0 unspecified atom stereocenters. The summed E-state index contributed by atoms with van der Waals surface area (Å²) in [7, 11) is 1.02. The predicted octanol–water partition coefficient (Wildman–Crippen LogP) is 3.18. The Bertz CT molecular complexity index is 713. The molecule has 1 heterocycles. The lowest BCUT2D eigenvalue weighted by atomic mass is 10.1. The van der Waals surface area contributed by atoms with Crippen molar-refractivity contribution in [2.45, 2.75) is 11.1 Å². The number of pyridine rings is 1. The molecule has 0 aliphatic rings. The van der Waals surface area contributed by atoms with Gasteiger partial charge in [0.15, 0.2) is 0 Å². The van der Waals surface area contributed by atoms with Gasteiger partial charge in [0, 0.05) is 22.3 Å². The van der Waals surface area contributed by atoms with Gasteiger partial charge in [0.1, 0.15) is 0 Å². The smallest absolute Gasteiger partial charge is 0.256 e. The third-order valence-corrected chi connectivity index (χ3v) is 3.65. The van der Waals surface area contributed by atoms with E-state index in [1.165, 1.54) is 6.07 Å². The molecule has 8 heteroatoms. The topological polar surface area (TPSA) is 47.0 Å². The van der Waals surface area contributed by atoms with Crippen molar-refractivity contribution in [3.63, 3.8) is 0 Å². The fourth-order valence-electron chi connectivity index (χ4n) is 1.52. The summed E-state index contributed by atoms with van der Waals surface area (Å²) in [6.45, 7) is 0. The van der Waals surface area contributed by atoms with Gasteiger partial charge >= 0.3 is 6.18 Å². The molecule has 0 spiro atoms. The third kappa shape index (κ3) is 2.41. The molecule has 0 bridgehead atoms. The largest absolute Gasteiger partial charge is 0.417 e. The van der Waals surface area contributed by atoms with E-state index in [-0.39, 0.29) is 10.9 Å². The van der Waals surface area contributed by atoms with Crippen LogP contribution in [0.5, 0.6) is 0 Å². The van der Waals surface area contributed by atoms with Crippen molar-refractivity contribution in [2.75, 3.05) is 0 Å². The Balaban J connectivity index is 2.83. The first-order valence-electron chi connectivity index (χ1n) is 4.60. The fraction of sp³-hybridized carbons (Fsp3) is 0.100. The average molecular weight is 296 g/mol. The summed E-state index contributed by atoms with van der Waals surface area (Å²) in [4.78, 5) is 3.35. The van der Waals surface area contributed by atoms with Crippen molar-refractivity contribution < 1.29 is 21.6 Å². The van der Waals surface area contributed by atoms with E-state index < -0.39 is 25.7 Å². The molecule has 2 rings (SSSR count). The van der Waals surface area contributed by atoms with E-state index in [1.54, 1.807) is 0 Å². The van der Waals surface area contributed by atoms with Gasteiger partial charge in [-0.1, -0.05) is 0 Å². The summed E-state index contributed by atoms with van der Waals surface area (Å²) < 4.78 is 60.4. The highest BCUT2D eigenvalue weighted by Gasteiger charge is 2.33. The first-order valence-corrected chi connectivity index (χ1v) is 6.91. The lowest BCUT2D eigenvalue weighted by Gasteiger charge is -2.10. The van der Waals surface area contributed by atoms with Gasteiger partial charge in [0.05, 0.1) is 16.0 Å². The number of halogens is 4. The van der Waals surface area contributed by atoms with E-state index in [1.807, 2.05) is 0 Å². The third-order valence-electron chi connectivity index (χ3n) is 2.30. The van der Waals surface area contributed by atoms with Gasteiger partial charge in [-0.25, -0.2) is 8.42 Å². The van der Waals surface area contributed by atoms with Crippen molar-refractivity contribution in [1.82, 2.24) is 4.98 Å². The maximum Gasteiger partial charge on any atom is 0.417 e. The molecule has 0 saturated carbocycles. The molecule has 0 aliphatic heterocycles. The summed E-state index contributed by atoms with van der Waals surface area (Å²) in [5.74, 6) is 0. The highest BCUT2D eigenvalue weighted by molar-refractivity contribution is 8.13. The minimum absolute atomic E-state index is 0.0499. The van der Waals surface area contributed by atoms with Crippen LogP contribution >= 0.6 is 10.7 Å². The zero-order valence-corrected chi connectivity index (χ0v) is 10.1. The van der Waals surface area contributed by atoms with Crippen LogP contribution in [0.15, 0.2) is 35.4 Å². The number of rotatable bonds is 1. The van der Waals surface area contributed by atoms with Crippen LogP contribution in [-0.4, -0.2) is 13.4 Å². The molecular formula is C10H5ClF3NO2S. The summed E-state index contributed by atoms with van der Waals surface area (Å²) in [6, 6.07) is 3.94. The minimum atomic E-state index is -4.59. The first kappa shape index (κ1) is 13.1. The monoisotopic (exact) mass is 295 g/mol. The fourth-order valence-corrected chi connectivity index (χ4v) is 2.30. The van der Waals surface area contributed by atoms with E-state index in [0.717, 1.165) is 24.4 Å². The summed E-state index contributed by atoms with van der Waals surface area (Å²) in [6.07, 6.45) is -3.57. The van der Waals surface area contributed by atoms with Crippen molar-refractivity contribution >= 4 is 30.6 Å². The SMILES string of the molecule is O=S(=O)(Cl)c1ccc2nccc(C(F)(F)F)c2c1. The van der Waals surface area contributed by atoms with E-state index in [0.29, 0.717) is 0 Å². The van der Waals surface area contributed by atoms with E-state index in [9.17, 15) is 21.6 Å². The first-order chi connectivity index (χ1) is 8.19. The number of aromatic nitrogens is 1. The zero-order valence-electron chi connectivity index (χ0n) is 8.57. The summed E-state index contributed by atoms with van der Waals surface area (Å²) in [5.41, 5.74) is -0.899. The molecule has 0 fully saturated rings. The van der Waals surface area contributed by atoms with Gasteiger partial charge < -0.3 is 0 Å². The number of nitrogens with zero attached hydrogens (tertiary/aromatic N) is 1. The minimum Gasteiger partial charge on any atom is -0.256 e. The maximum absolute atomic E-state index is 12.7. The second-order valence-electron chi connectivity index (χ2n) is 3.47.